The number of hydrogen-bond acceptors (Lipinski definition) is 3. The van der Waals surface area contributed by atoms with Gasteiger partial charge < -0.3 is 0 Å². The predicted molar refractivity (Wildman–Crippen MR) is 126 cm³/mol. The number of anilines is 1. The summed E-state index contributed by atoms with van der Waals surface area (Å²) in [4.78, 5) is 43.5. The predicted octanol–water partition coefficient (Wildman–Crippen LogP) is 4.96. The van der Waals surface area contributed by atoms with Gasteiger partial charge in [-0.1, -0.05) is 53.6 Å². The molecule has 2 aromatic carbocycles. The minimum atomic E-state index is -0.384. The lowest BCUT2D eigenvalue weighted by molar-refractivity contribution is -0.140. The first-order valence-corrected chi connectivity index (χ1v) is 12.0. The number of amides is 3. The zero-order valence-corrected chi connectivity index (χ0v) is 19.5. The number of carbonyl (C=O) groups excluding carboxylic acids is 3. The quantitative estimate of drug-likeness (QED) is 0.458. The summed E-state index contributed by atoms with van der Waals surface area (Å²) in [5.74, 6) is 0.0183. The van der Waals surface area contributed by atoms with Gasteiger partial charge >= 0.3 is 0 Å². The molecule has 168 valence electrons. The number of halogens is 2. The van der Waals surface area contributed by atoms with E-state index in [1.165, 1.54) is 15.9 Å². The molecule has 3 fully saturated rings. The minimum absolute atomic E-state index is 0.137. The summed E-state index contributed by atoms with van der Waals surface area (Å²) in [7, 11) is 0. The van der Waals surface area contributed by atoms with Crippen molar-refractivity contribution < 1.29 is 14.4 Å². The molecule has 2 bridgehead atoms. The molecular weight excluding hydrogens is 459 g/mol. The molecule has 1 heterocycles. The fourth-order valence-corrected chi connectivity index (χ4v) is 6.71. The average Bonchev–Trinajstić information content (AvgIpc) is 3.58. The number of nitrogens with zero attached hydrogens (tertiary/aromatic N) is 2. The highest BCUT2D eigenvalue weighted by Crippen LogP contribution is 2.65. The SMILES string of the molecule is Cc1ccccc1N(CN1C(=O)C2C3C=CC(C4CC34)C2C1=O)C(=O)c1ccc(Cl)cc1Cl. The molecule has 2 aromatic rings. The number of likely N-dealkylation sites (tertiary alicyclic amines) is 1. The van der Waals surface area contributed by atoms with Crippen LogP contribution in [-0.2, 0) is 9.59 Å². The number of aryl methyl sites for hydroxylation is 1. The van der Waals surface area contributed by atoms with Crippen LogP contribution in [0.3, 0.4) is 0 Å². The van der Waals surface area contributed by atoms with E-state index in [4.69, 9.17) is 23.2 Å². The molecular formula is C26H22Cl2N2O3. The van der Waals surface area contributed by atoms with E-state index in [1.54, 1.807) is 12.1 Å². The maximum Gasteiger partial charge on any atom is 0.261 e. The number of hydrogen-bond donors (Lipinski definition) is 0. The standard InChI is InChI=1S/C26H22Cl2N2O3/c1-13-4-2-3-5-21(13)29(24(31)17-7-6-14(27)10-20(17)28)12-30-25(32)22-15-8-9-16(19-11-18(15)19)23(22)26(30)33/h2-10,15-16,18-19,22-23H,11-12H2,1H3. The minimum Gasteiger partial charge on any atom is -0.289 e. The Kier molecular flexibility index (Phi) is 4.72. The van der Waals surface area contributed by atoms with Crippen LogP contribution in [0.25, 0.3) is 0 Å². The summed E-state index contributed by atoms with van der Waals surface area (Å²) >= 11 is 12.4. The molecule has 5 aliphatic rings. The van der Waals surface area contributed by atoms with E-state index >= 15 is 0 Å². The van der Waals surface area contributed by atoms with Crippen molar-refractivity contribution in [3.63, 3.8) is 0 Å². The van der Waals surface area contributed by atoms with E-state index in [0.29, 0.717) is 22.5 Å². The molecule has 33 heavy (non-hydrogen) atoms. The van der Waals surface area contributed by atoms with E-state index in [1.807, 2.05) is 31.2 Å². The van der Waals surface area contributed by atoms with Gasteiger partial charge in [-0.15, -0.1) is 0 Å². The number of rotatable bonds is 4. The second kappa shape index (κ2) is 7.44. The van der Waals surface area contributed by atoms with Crippen molar-refractivity contribution in [1.29, 1.82) is 0 Å². The third-order valence-electron chi connectivity index (χ3n) is 7.85. The van der Waals surface area contributed by atoms with Crippen molar-refractivity contribution in [2.45, 2.75) is 13.3 Å². The summed E-state index contributed by atoms with van der Waals surface area (Å²) in [6.07, 6.45) is 5.40. The molecule has 2 saturated carbocycles. The number of carbonyl (C=O) groups is 3. The van der Waals surface area contributed by atoms with Gasteiger partial charge in [0.25, 0.3) is 5.91 Å². The van der Waals surface area contributed by atoms with Gasteiger partial charge in [0.15, 0.2) is 0 Å². The largest absolute Gasteiger partial charge is 0.289 e. The highest BCUT2D eigenvalue weighted by Gasteiger charge is 2.67. The van der Waals surface area contributed by atoms with Gasteiger partial charge in [-0.2, -0.15) is 0 Å². The van der Waals surface area contributed by atoms with Gasteiger partial charge in [0.2, 0.25) is 11.8 Å². The number of para-hydroxylation sites is 1. The summed E-state index contributed by atoms with van der Waals surface area (Å²) in [5, 5.41) is 0.649. The summed E-state index contributed by atoms with van der Waals surface area (Å²) in [6, 6.07) is 12.1. The molecule has 0 spiro atoms. The van der Waals surface area contributed by atoms with Crippen LogP contribution in [-0.4, -0.2) is 29.3 Å². The van der Waals surface area contributed by atoms with Gasteiger partial charge in [0, 0.05) is 10.7 Å². The van der Waals surface area contributed by atoms with E-state index < -0.39 is 0 Å². The summed E-state index contributed by atoms with van der Waals surface area (Å²) in [6.45, 7) is 1.76. The van der Waals surface area contributed by atoms with Crippen LogP contribution in [0.2, 0.25) is 10.0 Å². The average molecular weight is 481 g/mol. The van der Waals surface area contributed by atoms with Crippen molar-refractivity contribution in [3.05, 3.63) is 75.8 Å². The van der Waals surface area contributed by atoms with Crippen LogP contribution in [0, 0.1) is 42.4 Å². The van der Waals surface area contributed by atoms with Crippen LogP contribution in [0.4, 0.5) is 5.69 Å². The Labute approximate surface area is 201 Å². The number of imide groups is 1. The van der Waals surface area contributed by atoms with Crippen LogP contribution < -0.4 is 4.90 Å². The molecule has 7 rings (SSSR count). The lowest BCUT2D eigenvalue weighted by Gasteiger charge is -2.37. The Morgan fingerprint density at radius 1 is 1.00 bits per heavy atom. The molecule has 1 aliphatic heterocycles. The normalized spacial score (nSPS) is 30.9. The topological polar surface area (TPSA) is 57.7 Å². The van der Waals surface area contributed by atoms with Crippen molar-refractivity contribution in [3.8, 4) is 0 Å². The van der Waals surface area contributed by atoms with Gasteiger partial charge in [-0.3, -0.25) is 24.2 Å². The molecule has 5 nitrogen and oxygen atoms in total. The first-order valence-electron chi connectivity index (χ1n) is 11.2. The third kappa shape index (κ3) is 3.09. The Balaban J connectivity index is 1.37. The van der Waals surface area contributed by atoms with E-state index in [-0.39, 0.29) is 58.6 Å². The Bertz CT molecular complexity index is 1210. The Morgan fingerprint density at radius 2 is 1.64 bits per heavy atom. The van der Waals surface area contributed by atoms with Crippen LogP contribution in [0.5, 0.6) is 0 Å². The Hall–Kier alpha value is -2.63. The molecule has 6 unspecified atom stereocenters. The maximum absolute atomic E-state index is 13.7. The van der Waals surface area contributed by atoms with E-state index in [2.05, 4.69) is 12.2 Å². The van der Waals surface area contributed by atoms with Gasteiger partial charge in [0.05, 0.1) is 22.4 Å². The Morgan fingerprint density at radius 3 is 2.24 bits per heavy atom. The molecule has 0 N–H and O–H groups in total. The van der Waals surface area contributed by atoms with Gasteiger partial charge in [-0.05, 0) is 66.8 Å². The summed E-state index contributed by atoms with van der Waals surface area (Å²) < 4.78 is 0. The lowest BCUT2D eigenvalue weighted by atomic mass is 9.63. The molecule has 1 saturated heterocycles. The fraction of sp³-hybridized carbons (Fsp3) is 0.346. The number of benzene rings is 2. The van der Waals surface area contributed by atoms with Gasteiger partial charge in [0.1, 0.15) is 6.67 Å². The molecule has 6 atom stereocenters. The van der Waals surface area contributed by atoms with Gasteiger partial charge in [-0.25, -0.2) is 0 Å². The van der Waals surface area contributed by atoms with Crippen molar-refractivity contribution >= 4 is 46.6 Å². The third-order valence-corrected chi connectivity index (χ3v) is 8.40. The van der Waals surface area contributed by atoms with Crippen molar-refractivity contribution in [1.82, 2.24) is 4.90 Å². The summed E-state index contributed by atoms with van der Waals surface area (Å²) in [5.41, 5.74) is 1.76. The molecule has 0 aromatic heterocycles. The molecule has 0 radical (unpaired) electrons. The zero-order chi connectivity index (χ0) is 23.0. The first-order chi connectivity index (χ1) is 15.9. The van der Waals surface area contributed by atoms with Crippen molar-refractivity contribution in [2.24, 2.45) is 35.5 Å². The second-order valence-corrected chi connectivity index (χ2v) is 10.4. The second-order valence-electron chi connectivity index (χ2n) is 9.54. The first kappa shape index (κ1) is 20.9. The maximum atomic E-state index is 13.7. The van der Waals surface area contributed by atoms with E-state index in [9.17, 15) is 14.4 Å². The number of allylic oxidation sites excluding steroid dienone is 2. The smallest absolute Gasteiger partial charge is 0.261 e. The molecule has 4 aliphatic carbocycles. The molecule has 7 heteroatoms. The van der Waals surface area contributed by atoms with Crippen LogP contribution >= 0.6 is 23.2 Å². The lowest BCUT2D eigenvalue weighted by Crippen LogP contribution is -2.45. The highest BCUT2D eigenvalue weighted by molar-refractivity contribution is 6.37. The highest BCUT2D eigenvalue weighted by atomic mass is 35.5. The van der Waals surface area contributed by atoms with Crippen LogP contribution in [0.15, 0.2) is 54.6 Å². The monoisotopic (exact) mass is 480 g/mol. The fourth-order valence-electron chi connectivity index (χ4n) is 6.22. The van der Waals surface area contributed by atoms with E-state index in [0.717, 1.165) is 12.0 Å². The van der Waals surface area contributed by atoms with Crippen LogP contribution in [0.1, 0.15) is 22.3 Å². The zero-order valence-electron chi connectivity index (χ0n) is 17.9. The van der Waals surface area contributed by atoms with Crippen molar-refractivity contribution in [2.75, 3.05) is 11.6 Å². The molecule has 3 amide bonds.